The summed E-state index contributed by atoms with van der Waals surface area (Å²) in [4.78, 5) is 47.4. The van der Waals surface area contributed by atoms with E-state index in [-0.39, 0.29) is 12.1 Å². The Morgan fingerprint density at radius 3 is 2.36 bits per heavy atom. The quantitative estimate of drug-likeness (QED) is 0.451. The van der Waals surface area contributed by atoms with Crippen molar-refractivity contribution in [2.75, 3.05) is 0 Å². The predicted molar refractivity (Wildman–Crippen MR) is 99.1 cm³/mol. The molecule has 1 fully saturated rings. The van der Waals surface area contributed by atoms with Crippen LogP contribution in [-0.2, 0) is 21.5 Å². The summed E-state index contributed by atoms with van der Waals surface area (Å²) in [7, 11) is 0. The molecular weight excluding hydrogens is 388 g/mol. The van der Waals surface area contributed by atoms with Crippen LogP contribution in [0.2, 0.25) is 5.02 Å². The molecule has 4 amide bonds. The molecule has 2 aromatic rings. The second-order valence-electron chi connectivity index (χ2n) is 6.34. The number of non-ortho nitro benzene ring substituents is 1. The van der Waals surface area contributed by atoms with E-state index >= 15 is 0 Å². The Morgan fingerprint density at radius 1 is 1.18 bits per heavy atom. The lowest BCUT2D eigenvalue weighted by Gasteiger charge is -2.22. The lowest BCUT2D eigenvalue weighted by molar-refractivity contribution is -0.384. The number of imide groups is 1. The molecule has 2 N–H and O–H groups in total. The lowest BCUT2D eigenvalue weighted by Crippen LogP contribution is -2.48. The molecule has 3 rings (SSSR count). The lowest BCUT2D eigenvalue weighted by atomic mass is 9.92. The molecule has 9 nitrogen and oxygen atoms in total. The maximum absolute atomic E-state index is 12.8. The molecule has 1 saturated heterocycles. The topological polar surface area (TPSA) is 122 Å². The second-order valence-corrected chi connectivity index (χ2v) is 6.77. The average Bonchev–Trinajstić information content (AvgIpc) is 2.88. The van der Waals surface area contributed by atoms with E-state index in [9.17, 15) is 24.5 Å². The number of carbonyl (C=O) groups excluding carboxylic acids is 3. The number of halogens is 1. The molecule has 144 valence electrons. The van der Waals surface area contributed by atoms with Crippen molar-refractivity contribution in [1.82, 2.24) is 15.8 Å². The molecule has 1 heterocycles. The number of carbonyl (C=O) groups is 3. The molecule has 0 bridgehead atoms. The Balaban J connectivity index is 1.74. The number of hydrazine groups is 1. The van der Waals surface area contributed by atoms with Crippen LogP contribution in [0.15, 0.2) is 48.5 Å². The molecule has 0 unspecified atom stereocenters. The summed E-state index contributed by atoms with van der Waals surface area (Å²) in [6.45, 7) is 1.46. The summed E-state index contributed by atoms with van der Waals surface area (Å²) in [6, 6.07) is 11.0. The second kappa shape index (κ2) is 7.28. The first kappa shape index (κ1) is 19.3. The first-order valence-electron chi connectivity index (χ1n) is 8.16. The van der Waals surface area contributed by atoms with Gasteiger partial charge < -0.3 is 5.32 Å². The fraction of sp³-hybridized carbons (Fsp3) is 0.167. The number of urea groups is 1. The van der Waals surface area contributed by atoms with Crippen molar-refractivity contribution >= 4 is 35.1 Å². The van der Waals surface area contributed by atoms with Crippen LogP contribution in [0.5, 0.6) is 0 Å². The summed E-state index contributed by atoms with van der Waals surface area (Å²) in [5.74, 6) is -1.26. The standard InChI is InChI=1S/C18H15ClN4O5/c1-18(12-4-8-14(9-5-12)23(27)28)16(25)22(17(26)20-18)21-15(24)10-11-2-6-13(19)7-3-11/h2-9H,10H2,1H3,(H,20,26)(H,21,24)/t18-/m0/s1. The third kappa shape index (κ3) is 3.65. The van der Waals surface area contributed by atoms with E-state index in [2.05, 4.69) is 10.7 Å². The summed E-state index contributed by atoms with van der Waals surface area (Å²) < 4.78 is 0. The van der Waals surface area contributed by atoms with Crippen molar-refractivity contribution in [2.45, 2.75) is 18.9 Å². The fourth-order valence-electron chi connectivity index (χ4n) is 2.80. The Hall–Kier alpha value is -3.46. The first-order valence-corrected chi connectivity index (χ1v) is 8.54. The number of nitrogens with zero attached hydrogens (tertiary/aromatic N) is 2. The van der Waals surface area contributed by atoms with Gasteiger partial charge in [-0.25, -0.2) is 4.79 Å². The van der Waals surface area contributed by atoms with Crippen LogP contribution >= 0.6 is 11.6 Å². The van der Waals surface area contributed by atoms with Gasteiger partial charge in [-0.05, 0) is 42.3 Å². The van der Waals surface area contributed by atoms with Crippen molar-refractivity contribution in [2.24, 2.45) is 0 Å². The summed E-state index contributed by atoms with van der Waals surface area (Å²) in [5, 5.41) is 14.4. The van der Waals surface area contributed by atoms with E-state index in [0.29, 0.717) is 21.2 Å². The van der Waals surface area contributed by atoms with Gasteiger partial charge in [0.15, 0.2) is 0 Å². The van der Waals surface area contributed by atoms with Crippen LogP contribution in [0.3, 0.4) is 0 Å². The van der Waals surface area contributed by atoms with Crippen molar-refractivity contribution in [1.29, 1.82) is 0 Å². The van der Waals surface area contributed by atoms with E-state index in [4.69, 9.17) is 11.6 Å². The third-order valence-corrected chi connectivity index (χ3v) is 4.61. The molecule has 28 heavy (non-hydrogen) atoms. The van der Waals surface area contributed by atoms with Gasteiger partial charge in [0, 0.05) is 17.2 Å². The minimum Gasteiger partial charge on any atom is -0.318 e. The Labute approximate surface area is 164 Å². The van der Waals surface area contributed by atoms with Crippen molar-refractivity contribution in [3.8, 4) is 0 Å². The Morgan fingerprint density at radius 2 is 1.79 bits per heavy atom. The van der Waals surface area contributed by atoms with Crippen LogP contribution in [-0.4, -0.2) is 27.8 Å². The minimum atomic E-state index is -1.46. The van der Waals surface area contributed by atoms with Gasteiger partial charge in [-0.15, -0.1) is 0 Å². The van der Waals surface area contributed by atoms with E-state index in [1.165, 1.54) is 31.2 Å². The average molecular weight is 403 g/mol. The Bertz CT molecular complexity index is 961. The molecule has 0 spiro atoms. The van der Waals surface area contributed by atoms with E-state index < -0.39 is 28.3 Å². The van der Waals surface area contributed by atoms with Crippen LogP contribution < -0.4 is 10.7 Å². The molecule has 0 aliphatic carbocycles. The first-order chi connectivity index (χ1) is 13.2. The highest BCUT2D eigenvalue weighted by Gasteiger charge is 2.50. The number of rotatable bonds is 5. The third-order valence-electron chi connectivity index (χ3n) is 4.36. The van der Waals surface area contributed by atoms with E-state index in [1.54, 1.807) is 24.3 Å². The largest absolute Gasteiger partial charge is 0.344 e. The van der Waals surface area contributed by atoms with Crippen LogP contribution in [0, 0.1) is 10.1 Å². The summed E-state index contributed by atoms with van der Waals surface area (Å²) in [6.07, 6.45) is -0.0531. The molecule has 0 radical (unpaired) electrons. The van der Waals surface area contributed by atoms with Crippen molar-refractivity contribution < 1.29 is 19.3 Å². The van der Waals surface area contributed by atoms with Crippen LogP contribution in [0.4, 0.5) is 10.5 Å². The number of nitrogens with one attached hydrogen (secondary N) is 2. The minimum absolute atomic E-state index is 0.0531. The zero-order valence-corrected chi connectivity index (χ0v) is 15.4. The molecule has 2 aromatic carbocycles. The van der Waals surface area contributed by atoms with Gasteiger partial charge in [-0.3, -0.25) is 25.1 Å². The maximum Gasteiger partial charge on any atom is 0.344 e. The SMILES string of the molecule is C[C@@]1(c2ccc([N+](=O)[O-])cc2)NC(=O)N(NC(=O)Cc2ccc(Cl)cc2)C1=O. The van der Waals surface area contributed by atoms with Gasteiger partial charge in [-0.2, -0.15) is 5.01 Å². The fourth-order valence-corrected chi connectivity index (χ4v) is 2.93. The number of amides is 4. The number of benzene rings is 2. The number of nitro groups is 1. The van der Waals surface area contributed by atoms with Gasteiger partial charge in [0.1, 0.15) is 5.54 Å². The number of hydrogen-bond donors (Lipinski definition) is 2. The van der Waals surface area contributed by atoms with Crippen molar-refractivity contribution in [3.63, 3.8) is 0 Å². The monoisotopic (exact) mass is 402 g/mol. The van der Waals surface area contributed by atoms with Crippen molar-refractivity contribution in [3.05, 3.63) is 74.8 Å². The van der Waals surface area contributed by atoms with Gasteiger partial charge in [0.2, 0.25) is 5.91 Å². The molecule has 10 heteroatoms. The highest BCUT2D eigenvalue weighted by Crippen LogP contribution is 2.29. The van der Waals surface area contributed by atoms with Gasteiger partial charge in [0.05, 0.1) is 11.3 Å². The predicted octanol–water partition coefficient (Wildman–Crippen LogP) is 2.29. The number of hydrogen-bond acceptors (Lipinski definition) is 5. The molecule has 1 aliphatic rings. The highest BCUT2D eigenvalue weighted by atomic mass is 35.5. The summed E-state index contributed by atoms with van der Waals surface area (Å²) in [5.41, 5.74) is 1.70. The smallest absolute Gasteiger partial charge is 0.318 e. The normalized spacial score (nSPS) is 18.7. The molecule has 1 atom stereocenters. The zero-order chi connectivity index (χ0) is 20.5. The molecule has 1 aliphatic heterocycles. The molecular formula is C18H15ClN4O5. The van der Waals surface area contributed by atoms with Gasteiger partial charge in [0.25, 0.3) is 11.6 Å². The van der Waals surface area contributed by atoms with Gasteiger partial charge in [-0.1, -0.05) is 23.7 Å². The highest BCUT2D eigenvalue weighted by molar-refractivity contribution is 6.30. The maximum atomic E-state index is 12.8. The molecule has 0 saturated carbocycles. The van der Waals surface area contributed by atoms with E-state index in [0.717, 1.165) is 0 Å². The van der Waals surface area contributed by atoms with Crippen LogP contribution in [0.1, 0.15) is 18.1 Å². The van der Waals surface area contributed by atoms with Crippen LogP contribution in [0.25, 0.3) is 0 Å². The summed E-state index contributed by atoms with van der Waals surface area (Å²) >= 11 is 5.80. The zero-order valence-electron chi connectivity index (χ0n) is 14.6. The number of nitro benzene ring substituents is 1. The van der Waals surface area contributed by atoms with Gasteiger partial charge >= 0.3 is 6.03 Å². The van der Waals surface area contributed by atoms with E-state index in [1.807, 2.05) is 0 Å². The Kier molecular flexibility index (Phi) is 5.02. The molecule has 0 aromatic heterocycles.